The zero-order valence-electron chi connectivity index (χ0n) is 16.8. The highest BCUT2D eigenvalue weighted by molar-refractivity contribution is 9.09. The lowest BCUT2D eigenvalue weighted by Gasteiger charge is -2.23. The number of rotatable bonds is 10. The lowest BCUT2D eigenvalue weighted by molar-refractivity contribution is -0.182. The van der Waals surface area contributed by atoms with Gasteiger partial charge in [-0.25, -0.2) is 4.39 Å². The van der Waals surface area contributed by atoms with E-state index in [0.29, 0.717) is 5.33 Å². The molecule has 0 aromatic carbocycles. The molecular weight excluding hydrogens is 478 g/mol. The van der Waals surface area contributed by atoms with Crippen LogP contribution in [-0.2, 0) is 20.9 Å². The van der Waals surface area contributed by atoms with E-state index < -0.39 is 52.8 Å². The van der Waals surface area contributed by atoms with Crippen LogP contribution in [0.3, 0.4) is 0 Å². The molecule has 0 bridgehead atoms. The summed E-state index contributed by atoms with van der Waals surface area (Å²) in [5.74, 6) is -4.09. The Morgan fingerprint density at radius 2 is 1.90 bits per heavy atom. The molecule has 4 nitrogen and oxygen atoms in total. The minimum atomic E-state index is -4.77. The van der Waals surface area contributed by atoms with E-state index in [1.165, 1.54) is 13.0 Å². The molecule has 2 unspecified atom stereocenters. The SMILES string of the molecule is C=CC(/C(CC(CC(=O)OCC)C(F)(F)F)=N\[S+]([O-])C(C)(C)C)=C(F)\C=C/CBr. The second kappa shape index (κ2) is 12.5. The molecule has 0 N–H and O–H groups in total. The Hall–Kier alpha value is -1.13. The third-order valence-corrected chi connectivity index (χ3v) is 5.27. The number of allylic oxidation sites excluding steroid dienone is 5. The first kappa shape index (κ1) is 27.9. The zero-order chi connectivity index (χ0) is 22.8. The first-order chi connectivity index (χ1) is 13.3. The largest absolute Gasteiger partial charge is 0.591 e. The first-order valence-electron chi connectivity index (χ1n) is 8.74. The highest BCUT2D eigenvalue weighted by Crippen LogP contribution is 2.34. The van der Waals surface area contributed by atoms with Gasteiger partial charge < -0.3 is 9.29 Å². The summed E-state index contributed by atoms with van der Waals surface area (Å²) in [7, 11) is 0. The van der Waals surface area contributed by atoms with E-state index in [2.05, 4.69) is 31.6 Å². The summed E-state index contributed by atoms with van der Waals surface area (Å²) in [5, 5.41) is 0.319. The van der Waals surface area contributed by atoms with E-state index >= 15 is 0 Å². The van der Waals surface area contributed by atoms with Crippen molar-refractivity contribution in [3.63, 3.8) is 0 Å². The molecule has 0 amide bonds. The van der Waals surface area contributed by atoms with Crippen molar-refractivity contribution >= 4 is 39.0 Å². The van der Waals surface area contributed by atoms with Gasteiger partial charge in [0.05, 0.1) is 18.9 Å². The number of nitrogens with zero attached hydrogens (tertiary/aromatic N) is 1. The molecule has 29 heavy (non-hydrogen) atoms. The number of carbonyl (C=O) groups excluding carboxylic acids is 1. The average Bonchev–Trinajstić information content (AvgIpc) is 2.58. The summed E-state index contributed by atoms with van der Waals surface area (Å²) in [5.41, 5.74) is -0.686. The molecule has 0 heterocycles. The third-order valence-electron chi connectivity index (χ3n) is 3.46. The summed E-state index contributed by atoms with van der Waals surface area (Å²) in [4.78, 5) is 11.6. The molecule has 2 atom stereocenters. The normalized spacial score (nSPS) is 16.4. The van der Waals surface area contributed by atoms with E-state index in [1.807, 2.05) is 0 Å². The van der Waals surface area contributed by atoms with Crippen molar-refractivity contribution in [2.75, 3.05) is 11.9 Å². The molecule has 0 radical (unpaired) electrons. The van der Waals surface area contributed by atoms with Crippen LogP contribution in [0.4, 0.5) is 17.6 Å². The van der Waals surface area contributed by atoms with Crippen LogP contribution in [0.5, 0.6) is 0 Å². The Kier molecular flexibility index (Phi) is 12.1. The third kappa shape index (κ3) is 10.5. The molecular formula is C19H26BrF4NO3S. The highest BCUT2D eigenvalue weighted by atomic mass is 79.9. The van der Waals surface area contributed by atoms with Gasteiger partial charge in [0.2, 0.25) is 0 Å². The van der Waals surface area contributed by atoms with Crippen molar-refractivity contribution in [2.24, 2.45) is 10.3 Å². The zero-order valence-corrected chi connectivity index (χ0v) is 19.2. The van der Waals surface area contributed by atoms with Gasteiger partial charge in [0.15, 0.2) is 0 Å². The molecule has 0 aliphatic rings. The van der Waals surface area contributed by atoms with Gasteiger partial charge in [0.1, 0.15) is 27.6 Å². The number of esters is 1. The minimum absolute atomic E-state index is 0.0673. The van der Waals surface area contributed by atoms with Crippen LogP contribution in [0.1, 0.15) is 40.5 Å². The summed E-state index contributed by atoms with van der Waals surface area (Å²) in [6.45, 7) is 9.61. The number of halogens is 5. The van der Waals surface area contributed by atoms with E-state index in [4.69, 9.17) is 0 Å². The standard InChI is InChI=1S/C19H26BrF4NO3S/c1-6-14(15(21)9-8-10-20)16(25-29(27)18(3,4)5)11-13(19(22,23)24)12-17(26)28-7-2/h6,8-9,13H,1,7,10-12H2,2-5H3/b9-8-,15-14-,25-16-. The fourth-order valence-corrected chi connectivity index (χ4v) is 2.82. The number of hydrogen-bond donors (Lipinski definition) is 0. The van der Waals surface area contributed by atoms with E-state index in [1.54, 1.807) is 20.8 Å². The average molecular weight is 504 g/mol. The maximum absolute atomic E-state index is 14.5. The molecule has 0 aliphatic carbocycles. The number of alkyl halides is 4. The van der Waals surface area contributed by atoms with Crippen LogP contribution in [0, 0.1) is 5.92 Å². The van der Waals surface area contributed by atoms with Gasteiger partial charge in [-0.05, 0) is 33.8 Å². The lowest BCUT2D eigenvalue weighted by Crippen LogP contribution is -2.31. The van der Waals surface area contributed by atoms with Crippen molar-refractivity contribution in [2.45, 2.75) is 51.5 Å². The monoisotopic (exact) mass is 503 g/mol. The number of carbonyl (C=O) groups is 1. The van der Waals surface area contributed by atoms with Crippen molar-refractivity contribution in [1.29, 1.82) is 0 Å². The quantitative estimate of drug-likeness (QED) is 0.0948. The van der Waals surface area contributed by atoms with Crippen LogP contribution < -0.4 is 0 Å². The summed E-state index contributed by atoms with van der Waals surface area (Å²) < 4.78 is 75.2. The maximum atomic E-state index is 14.5. The fraction of sp³-hybridized carbons (Fsp3) is 0.579. The smallest absolute Gasteiger partial charge is 0.392 e. The van der Waals surface area contributed by atoms with E-state index in [0.717, 1.165) is 12.2 Å². The Balaban J connectivity index is 6.26. The molecule has 0 fully saturated rings. The Morgan fingerprint density at radius 1 is 1.31 bits per heavy atom. The predicted octanol–water partition coefficient (Wildman–Crippen LogP) is 5.77. The summed E-state index contributed by atoms with van der Waals surface area (Å²) in [6, 6.07) is 0. The van der Waals surface area contributed by atoms with Gasteiger partial charge in [-0.3, -0.25) is 4.79 Å². The molecule has 0 spiro atoms. The van der Waals surface area contributed by atoms with Crippen molar-refractivity contribution in [1.82, 2.24) is 0 Å². The highest BCUT2D eigenvalue weighted by Gasteiger charge is 2.43. The Morgan fingerprint density at radius 3 is 2.31 bits per heavy atom. The predicted molar refractivity (Wildman–Crippen MR) is 112 cm³/mol. The number of hydrogen-bond acceptors (Lipinski definition) is 4. The van der Waals surface area contributed by atoms with Crippen LogP contribution in [0.2, 0.25) is 0 Å². The van der Waals surface area contributed by atoms with Crippen molar-refractivity contribution in [3.05, 3.63) is 36.2 Å². The molecule has 0 saturated heterocycles. The van der Waals surface area contributed by atoms with Gasteiger partial charge in [0, 0.05) is 17.3 Å². The van der Waals surface area contributed by atoms with E-state index in [9.17, 15) is 26.9 Å². The first-order valence-corrected chi connectivity index (χ1v) is 11.0. The molecule has 166 valence electrons. The molecule has 0 aromatic heterocycles. The Bertz CT molecular complexity index is 655. The summed E-state index contributed by atoms with van der Waals surface area (Å²) >= 11 is 1.13. The Labute approximate surface area is 180 Å². The fourth-order valence-electron chi connectivity index (χ4n) is 1.98. The molecule has 0 aromatic rings. The molecule has 10 heteroatoms. The number of ether oxygens (including phenoxy) is 1. The maximum Gasteiger partial charge on any atom is 0.392 e. The minimum Gasteiger partial charge on any atom is -0.591 e. The molecule has 0 rings (SSSR count). The van der Waals surface area contributed by atoms with Crippen LogP contribution in [0.25, 0.3) is 0 Å². The van der Waals surface area contributed by atoms with Crippen LogP contribution in [-0.4, -0.2) is 39.1 Å². The van der Waals surface area contributed by atoms with Crippen molar-refractivity contribution < 1.29 is 31.6 Å². The molecule has 0 saturated carbocycles. The van der Waals surface area contributed by atoms with Gasteiger partial charge >= 0.3 is 12.1 Å². The van der Waals surface area contributed by atoms with Crippen LogP contribution >= 0.6 is 15.9 Å². The van der Waals surface area contributed by atoms with Gasteiger partial charge in [-0.2, -0.15) is 13.2 Å². The van der Waals surface area contributed by atoms with E-state index in [-0.39, 0.29) is 17.9 Å². The van der Waals surface area contributed by atoms with Crippen LogP contribution in [0.15, 0.2) is 40.6 Å². The topological polar surface area (TPSA) is 61.7 Å². The molecule has 0 aliphatic heterocycles. The van der Waals surface area contributed by atoms with Gasteiger partial charge in [0.25, 0.3) is 0 Å². The summed E-state index contributed by atoms with van der Waals surface area (Å²) in [6.07, 6.45) is -3.11. The second-order valence-corrected chi connectivity index (χ2v) is 9.43. The second-order valence-electron chi connectivity index (χ2n) is 6.87. The van der Waals surface area contributed by atoms with Gasteiger partial charge in [-0.1, -0.05) is 39.1 Å². The van der Waals surface area contributed by atoms with Crippen molar-refractivity contribution in [3.8, 4) is 0 Å². The lowest BCUT2D eigenvalue weighted by atomic mass is 9.93. The van der Waals surface area contributed by atoms with Gasteiger partial charge in [-0.15, -0.1) is 0 Å².